The van der Waals surface area contributed by atoms with Gasteiger partial charge in [0.15, 0.2) is 0 Å². The van der Waals surface area contributed by atoms with Gasteiger partial charge in [-0.3, -0.25) is 4.79 Å². The molecule has 0 fully saturated rings. The van der Waals surface area contributed by atoms with E-state index in [0.29, 0.717) is 0 Å². The van der Waals surface area contributed by atoms with Crippen LogP contribution in [-0.4, -0.2) is 11.5 Å². The number of ether oxygens (including phenoxy) is 1. The molecule has 0 spiro atoms. The van der Waals surface area contributed by atoms with Crippen molar-refractivity contribution in [2.75, 3.05) is 0 Å². The lowest BCUT2D eigenvalue weighted by atomic mass is 10.3. The lowest BCUT2D eigenvalue weighted by Gasteiger charge is -2.02. The van der Waals surface area contributed by atoms with Gasteiger partial charge in [0.1, 0.15) is 0 Å². The van der Waals surface area contributed by atoms with Crippen LogP contribution in [-0.2, 0) is 4.79 Å². The second-order valence-corrected chi connectivity index (χ2v) is 1.91. The van der Waals surface area contributed by atoms with Gasteiger partial charge < -0.3 is 4.74 Å². The first-order valence-electron chi connectivity index (χ1n) is 3.09. The fourth-order valence-corrected chi connectivity index (χ4v) is 0.713. The number of halogens is 2. The first kappa shape index (κ1) is 8.58. The second-order valence-electron chi connectivity index (χ2n) is 1.91. The van der Waals surface area contributed by atoms with E-state index >= 15 is 0 Å². The number of aromatic nitrogens is 1. The molecule has 0 aliphatic heterocycles. The van der Waals surface area contributed by atoms with E-state index in [-0.39, 0.29) is 17.9 Å². The van der Waals surface area contributed by atoms with Crippen LogP contribution < -0.4 is 4.74 Å². The summed E-state index contributed by atoms with van der Waals surface area (Å²) >= 11 is 0. The highest BCUT2D eigenvalue weighted by Gasteiger charge is 2.13. The Labute approximate surface area is 67.0 Å². The van der Waals surface area contributed by atoms with Crippen LogP contribution in [0.5, 0.6) is 5.88 Å². The van der Waals surface area contributed by atoms with Crippen LogP contribution >= 0.6 is 0 Å². The zero-order chi connectivity index (χ0) is 8.97. The average Bonchev–Trinajstić information content (AvgIpc) is 2.05. The van der Waals surface area contributed by atoms with Gasteiger partial charge in [0.05, 0.1) is 5.56 Å². The molecule has 0 atom stereocenters. The molecule has 0 radical (unpaired) electrons. The number of alkyl halides is 2. The van der Waals surface area contributed by atoms with E-state index in [0.717, 1.165) is 6.07 Å². The second kappa shape index (κ2) is 3.75. The average molecular weight is 173 g/mol. The summed E-state index contributed by atoms with van der Waals surface area (Å²) in [5, 5.41) is 0. The van der Waals surface area contributed by atoms with Gasteiger partial charge in [0.2, 0.25) is 5.88 Å². The Balaban J connectivity index is 2.99. The molecule has 1 aromatic heterocycles. The van der Waals surface area contributed by atoms with Crippen molar-refractivity contribution in [2.45, 2.75) is 6.43 Å². The standard InChI is InChI=1S/C7H5F2NO2/c8-6(9)5-2-1-3-10-7(5)12-4-11/h1-4,6H. The number of hydrogen-bond donors (Lipinski definition) is 0. The lowest BCUT2D eigenvalue weighted by Crippen LogP contribution is -1.97. The summed E-state index contributed by atoms with van der Waals surface area (Å²) in [6, 6.07) is 2.50. The van der Waals surface area contributed by atoms with Gasteiger partial charge >= 0.3 is 0 Å². The fraction of sp³-hybridized carbons (Fsp3) is 0.143. The van der Waals surface area contributed by atoms with E-state index in [4.69, 9.17) is 0 Å². The minimum Gasteiger partial charge on any atom is -0.409 e. The summed E-state index contributed by atoms with van der Waals surface area (Å²) in [5.41, 5.74) is -0.385. The first-order chi connectivity index (χ1) is 5.75. The zero-order valence-electron chi connectivity index (χ0n) is 5.91. The third-order valence-corrected chi connectivity index (χ3v) is 1.20. The van der Waals surface area contributed by atoms with Gasteiger partial charge in [-0.25, -0.2) is 13.8 Å². The van der Waals surface area contributed by atoms with E-state index in [1.165, 1.54) is 12.3 Å². The number of hydrogen-bond acceptors (Lipinski definition) is 3. The van der Waals surface area contributed by atoms with Crippen molar-refractivity contribution in [2.24, 2.45) is 0 Å². The molecule has 0 saturated heterocycles. The summed E-state index contributed by atoms with van der Waals surface area (Å²) < 4.78 is 28.5. The number of carbonyl (C=O) groups excluding carboxylic acids is 1. The molecule has 0 unspecified atom stereocenters. The Morgan fingerprint density at radius 3 is 2.92 bits per heavy atom. The van der Waals surface area contributed by atoms with Crippen molar-refractivity contribution in [1.82, 2.24) is 4.98 Å². The maximum atomic E-state index is 12.1. The Hall–Kier alpha value is -1.52. The molecule has 1 heterocycles. The molecule has 0 aliphatic rings. The minimum atomic E-state index is -2.69. The van der Waals surface area contributed by atoms with Crippen LogP contribution in [0.1, 0.15) is 12.0 Å². The van der Waals surface area contributed by atoms with Crippen LogP contribution in [0.15, 0.2) is 18.3 Å². The van der Waals surface area contributed by atoms with Crippen LogP contribution in [0.25, 0.3) is 0 Å². The summed E-state index contributed by atoms with van der Waals surface area (Å²) in [7, 11) is 0. The number of nitrogens with zero attached hydrogens (tertiary/aromatic N) is 1. The number of pyridine rings is 1. The molecule has 0 bridgehead atoms. The van der Waals surface area contributed by atoms with Crippen LogP contribution in [0.4, 0.5) is 8.78 Å². The molecule has 12 heavy (non-hydrogen) atoms. The number of rotatable bonds is 3. The monoisotopic (exact) mass is 173 g/mol. The van der Waals surface area contributed by atoms with Crippen molar-refractivity contribution in [3.8, 4) is 5.88 Å². The third-order valence-electron chi connectivity index (χ3n) is 1.20. The molecule has 0 N–H and O–H groups in total. The van der Waals surface area contributed by atoms with Gasteiger partial charge in [-0.15, -0.1) is 0 Å². The predicted octanol–water partition coefficient (Wildman–Crippen LogP) is 1.55. The fourth-order valence-electron chi connectivity index (χ4n) is 0.713. The van der Waals surface area contributed by atoms with E-state index in [2.05, 4.69) is 9.72 Å². The molecule has 1 rings (SSSR count). The highest BCUT2D eigenvalue weighted by atomic mass is 19.3. The normalized spacial score (nSPS) is 9.92. The topological polar surface area (TPSA) is 39.2 Å². The van der Waals surface area contributed by atoms with Crippen molar-refractivity contribution < 1.29 is 18.3 Å². The summed E-state index contributed by atoms with van der Waals surface area (Å²) in [4.78, 5) is 13.3. The highest BCUT2D eigenvalue weighted by molar-refractivity contribution is 5.45. The zero-order valence-corrected chi connectivity index (χ0v) is 5.91. The molecule has 0 saturated carbocycles. The number of carbonyl (C=O) groups is 1. The minimum absolute atomic E-state index is 0.0637. The molecular weight excluding hydrogens is 168 g/mol. The van der Waals surface area contributed by atoms with Gasteiger partial charge in [0, 0.05) is 6.20 Å². The Kier molecular flexibility index (Phi) is 2.68. The van der Waals surface area contributed by atoms with Crippen LogP contribution in [0, 0.1) is 0 Å². The molecule has 3 nitrogen and oxygen atoms in total. The van der Waals surface area contributed by atoms with Crippen molar-refractivity contribution >= 4 is 6.47 Å². The quantitative estimate of drug-likeness (QED) is 0.651. The maximum Gasteiger partial charge on any atom is 0.299 e. The van der Waals surface area contributed by atoms with E-state index in [1.54, 1.807) is 0 Å². The van der Waals surface area contributed by atoms with Gasteiger partial charge in [-0.1, -0.05) is 0 Å². The molecule has 0 aromatic carbocycles. The first-order valence-corrected chi connectivity index (χ1v) is 3.09. The summed E-state index contributed by atoms with van der Waals surface area (Å²) in [6.07, 6.45) is -1.42. The Morgan fingerprint density at radius 2 is 2.33 bits per heavy atom. The van der Waals surface area contributed by atoms with Gasteiger partial charge in [-0.05, 0) is 12.1 Å². The van der Waals surface area contributed by atoms with Crippen molar-refractivity contribution in [3.05, 3.63) is 23.9 Å². The molecule has 1 aromatic rings. The van der Waals surface area contributed by atoms with E-state index in [9.17, 15) is 13.6 Å². The smallest absolute Gasteiger partial charge is 0.299 e. The Bertz CT molecular complexity index is 278. The Morgan fingerprint density at radius 1 is 1.58 bits per heavy atom. The SMILES string of the molecule is O=COc1ncccc1C(F)F. The molecule has 0 aliphatic carbocycles. The molecule has 64 valence electrons. The predicted molar refractivity (Wildman–Crippen MR) is 35.9 cm³/mol. The largest absolute Gasteiger partial charge is 0.409 e. The van der Waals surface area contributed by atoms with Gasteiger partial charge in [0.25, 0.3) is 12.9 Å². The highest BCUT2D eigenvalue weighted by Crippen LogP contribution is 2.25. The molecular formula is C7H5F2NO2. The third kappa shape index (κ3) is 1.75. The molecule has 0 amide bonds. The van der Waals surface area contributed by atoms with Crippen molar-refractivity contribution in [3.63, 3.8) is 0 Å². The lowest BCUT2D eigenvalue weighted by molar-refractivity contribution is -0.121. The van der Waals surface area contributed by atoms with Crippen LogP contribution in [0.2, 0.25) is 0 Å². The maximum absolute atomic E-state index is 12.1. The van der Waals surface area contributed by atoms with Crippen molar-refractivity contribution in [1.29, 1.82) is 0 Å². The summed E-state index contributed by atoms with van der Waals surface area (Å²) in [5.74, 6) is -0.345. The van der Waals surface area contributed by atoms with E-state index in [1.807, 2.05) is 0 Å². The van der Waals surface area contributed by atoms with Gasteiger partial charge in [-0.2, -0.15) is 0 Å². The summed E-state index contributed by atoms with van der Waals surface area (Å²) in [6.45, 7) is 0.0637. The van der Waals surface area contributed by atoms with Crippen LogP contribution in [0.3, 0.4) is 0 Å². The van der Waals surface area contributed by atoms with E-state index < -0.39 is 6.43 Å². The molecule has 5 heteroatoms.